The van der Waals surface area contributed by atoms with Gasteiger partial charge < -0.3 is 15.4 Å². The highest BCUT2D eigenvalue weighted by molar-refractivity contribution is 6.01. The number of aromatic amines is 2. The van der Waals surface area contributed by atoms with Crippen molar-refractivity contribution in [1.29, 1.82) is 0 Å². The molecule has 0 saturated carbocycles. The van der Waals surface area contributed by atoms with E-state index in [0.29, 0.717) is 30.5 Å². The van der Waals surface area contributed by atoms with Crippen molar-refractivity contribution in [3.05, 3.63) is 30.7 Å². The number of rotatable bonds is 3. The number of ether oxygens (including phenoxy) is 1. The molecule has 10 nitrogen and oxygen atoms in total. The van der Waals surface area contributed by atoms with Crippen LogP contribution in [0.15, 0.2) is 30.7 Å². The molecule has 0 amide bonds. The van der Waals surface area contributed by atoms with Crippen LogP contribution in [-0.4, -0.2) is 61.0 Å². The van der Waals surface area contributed by atoms with Gasteiger partial charge in [-0.05, 0) is 13.0 Å². The average Bonchev–Trinajstić information content (AvgIpc) is 3.43. The largest absolute Gasteiger partial charge is 0.382 e. The first kappa shape index (κ1) is 15.8. The number of pyridine rings is 1. The zero-order chi connectivity index (χ0) is 18.4. The van der Waals surface area contributed by atoms with Crippen molar-refractivity contribution in [1.82, 2.24) is 35.2 Å². The second-order valence-electron chi connectivity index (χ2n) is 6.57. The molecule has 27 heavy (non-hydrogen) atoms. The van der Waals surface area contributed by atoms with Gasteiger partial charge in [0.05, 0.1) is 37.0 Å². The minimum Gasteiger partial charge on any atom is -0.382 e. The van der Waals surface area contributed by atoms with E-state index in [-0.39, 0.29) is 6.04 Å². The number of aromatic nitrogens is 7. The molecule has 0 spiro atoms. The van der Waals surface area contributed by atoms with Gasteiger partial charge in [-0.2, -0.15) is 14.9 Å². The van der Waals surface area contributed by atoms with Crippen LogP contribution < -0.4 is 10.6 Å². The third-order valence-corrected chi connectivity index (χ3v) is 4.84. The van der Waals surface area contributed by atoms with E-state index in [1.807, 2.05) is 18.3 Å². The van der Waals surface area contributed by atoms with Gasteiger partial charge in [0.15, 0.2) is 17.3 Å². The Bertz CT molecular complexity index is 1070. The molecule has 1 aliphatic rings. The van der Waals surface area contributed by atoms with Gasteiger partial charge in [0.25, 0.3) is 0 Å². The molecule has 0 aliphatic carbocycles. The Kier molecular flexibility index (Phi) is 3.57. The maximum absolute atomic E-state index is 6.28. The predicted molar refractivity (Wildman–Crippen MR) is 101 cm³/mol. The summed E-state index contributed by atoms with van der Waals surface area (Å²) >= 11 is 0. The summed E-state index contributed by atoms with van der Waals surface area (Å²) in [6.07, 6.45) is 5.28. The van der Waals surface area contributed by atoms with E-state index in [9.17, 15) is 0 Å². The fraction of sp³-hybridized carbons (Fsp3) is 0.294. The van der Waals surface area contributed by atoms with E-state index in [1.165, 1.54) is 0 Å². The molecule has 0 aromatic carbocycles. The lowest BCUT2D eigenvalue weighted by Crippen LogP contribution is -2.44. The van der Waals surface area contributed by atoms with Crippen LogP contribution in [0.2, 0.25) is 0 Å². The molecule has 0 bridgehead atoms. The van der Waals surface area contributed by atoms with E-state index in [2.05, 4.69) is 37.3 Å². The van der Waals surface area contributed by atoms with Gasteiger partial charge in [-0.1, -0.05) is 0 Å². The van der Waals surface area contributed by atoms with E-state index < -0.39 is 0 Å². The second-order valence-corrected chi connectivity index (χ2v) is 6.57. The molecular formula is C17H19N9O. The summed E-state index contributed by atoms with van der Waals surface area (Å²) in [5.41, 5.74) is 8.81. The highest BCUT2D eigenvalue weighted by Crippen LogP contribution is 2.35. The Hall–Kier alpha value is -3.40. The maximum Gasteiger partial charge on any atom is 0.169 e. The minimum absolute atomic E-state index is 0.224. The van der Waals surface area contributed by atoms with Crippen LogP contribution in [0.4, 0.5) is 11.6 Å². The third-order valence-electron chi connectivity index (χ3n) is 4.84. The molecule has 0 radical (unpaired) electrons. The summed E-state index contributed by atoms with van der Waals surface area (Å²) in [7, 11) is 0. The molecule has 5 heterocycles. The molecule has 1 fully saturated rings. The van der Waals surface area contributed by atoms with Gasteiger partial charge >= 0.3 is 0 Å². The number of fused-ring (bicyclic) bond motifs is 1. The number of morpholine rings is 1. The van der Waals surface area contributed by atoms with Crippen LogP contribution in [0, 0.1) is 0 Å². The van der Waals surface area contributed by atoms with Crippen molar-refractivity contribution < 1.29 is 4.74 Å². The topological polar surface area (TPSA) is 127 Å². The summed E-state index contributed by atoms with van der Waals surface area (Å²) in [5, 5.41) is 19.2. The monoisotopic (exact) mass is 365 g/mol. The molecule has 4 aromatic heterocycles. The van der Waals surface area contributed by atoms with Gasteiger partial charge in [-0.3, -0.25) is 10.2 Å². The summed E-state index contributed by atoms with van der Waals surface area (Å²) in [4.78, 5) is 7.15. The first-order chi connectivity index (χ1) is 13.2. The molecular weight excluding hydrogens is 346 g/mol. The molecule has 1 aliphatic heterocycles. The van der Waals surface area contributed by atoms with E-state index in [1.54, 1.807) is 17.1 Å². The van der Waals surface area contributed by atoms with Gasteiger partial charge in [0.1, 0.15) is 5.82 Å². The fourth-order valence-corrected chi connectivity index (χ4v) is 3.50. The molecule has 4 N–H and O–H groups in total. The van der Waals surface area contributed by atoms with Crippen molar-refractivity contribution in [3.8, 4) is 16.9 Å². The lowest BCUT2D eigenvalue weighted by Gasteiger charge is -2.34. The highest BCUT2D eigenvalue weighted by Gasteiger charge is 2.25. The lowest BCUT2D eigenvalue weighted by molar-refractivity contribution is 0.0986. The molecule has 138 valence electrons. The molecule has 10 heteroatoms. The minimum atomic E-state index is 0.224. The van der Waals surface area contributed by atoms with Crippen LogP contribution in [0.5, 0.6) is 0 Å². The van der Waals surface area contributed by atoms with Gasteiger partial charge in [0.2, 0.25) is 0 Å². The van der Waals surface area contributed by atoms with Crippen LogP contribution in [0.25, 0.3) is 28.0 Å². The van der Waals surface area contributed by atoms with Gasteiger partial charge in [-0.25, -0.2) is 4.98 Å². The zero-order valence-electron chi connectivity index (χ0n) is 14.8. The third kappa shape index (κ3) is 2.53. The summed E-state index contributed by atoms with van der Waals surface area (Å²) < 4.78 is 7.27. The summed E-state index contributed by atoms with van der Waals surface area (Å²) in [6.45, 7) is 4.25. The average molecular weight is 365 g/mol. The van der Waals surface area contributed by atoms with Crippen LogP contribution in [0.3, 0.4) is 0 Å². The smallest absolute Gasteiger partial charge is 0.169 e. The van der Waals surface area contributed by atoms with Gasteiger partial charge in [0, 0.05) is 29.9 Å². The van der Waals surface area contributed by atoms with Crippen molar-refractivity contribution in [2.45, 2.75) is 13.0 Å². The van der Waals surface area contributed by atoms with Gasteiger partial charge in [-0.15, -0.1) is 5.10 Å². The predicted octanol–water partition coefficient (Wildman–Crippen LogP) is 1.34. The van der Waals surface area contributed by atoms with Crippen molar-refractivity contribution in [2.24, 2.45) is 0 Å². The Labute approximate surface area is 154 Å². The second kappa shape index (κ2) is 6.09. The first-order valence-corrected chi connectivity index (χ1v) is 8.75. The Balaban J connectivity index is 1.78. The molecule has 5 rings (SSSR count). The summed E-state index contributed by atoms with van der Waals surface area (Å²) in [6, 6.07) is 4.10. The van der Waals surface area contributed by atoms with Crippen molar-refractivity contribution in [2.75, 3.05) is 30.4 Å². The number of nitrogen functional groups attached to an aromatic ring is 1. The molecule has 4 aromatic rings. The normalized spacial score (nSPS) is 17.7. The fourth-order valence-electron chi connectivity index (χ4n) is 3.50. The Morgan fingerprint density at radius 2 is 2.26 bits per heavy atom. The number of H-pyrrole nitrogens is 2. The van der Waals surface area contributed by atoms with Crippen molar-refractivity contribution >= 4 is 22.7 Å². The lowest BCUT2D eigenvalue weighted by atomic mass is 10.1. The Morgan fingerprint density at radius 1 is 1.33 bits per heavy atom. The van der Waals surface area contributed by atoms with Crippen LogP contribution in [-0.2, 0) is 4.74 Å². The number of nitrogens with one attached hydrogen (secondary N) is 2. The summed E-state index contributed by atoms with van der Waals surface area (Å²) in [5.74, 6) is 1.97. The van der Waals surface area contributed by atoms with Crippen molar-refractivity contribution in [3.63, 3.8) is 0 Å². The Morgan fingerprint density at radius 3 is 3.00 bits per heavy atom. The number of nitrogens with zero attached hydrogens (tertiary/aromatic N) is 6. The van der Waals surface area contributed by atoms with E-state index >= 15 is 0 Å². The standard InChI is InChI=1S/C17H19N9O/c1-10-9-27-5-4-25(10)14-6-12(11-7-20-21-8-11)15-16(18)24-26(17(15)22-14)13-2-3-19-23-13/h2-3,6-8,10H,4-5,9H2,1H3,(H2,18,24)(H,19,23)(H,20,21)/t10-/m1/s1. The zero-order valence-corrected chi connectivity index (χ0v) is 14.8. The first-order valence-electron chi connectivity index (χ1n) is 8.75. The number of anilines is 2. The highest BCUT2D eigenvalue weighted by atomic mass is 16.5. The number of nitrogens with two attached hydrogens (primary N) is 1. The quantitative estimate of drug-likeness (QED) is 0.500. The molecule has 1 saturated heterocycles. The van der Waals surface area contributed by atoms with Crippen LogP contribution in [0.1, 0.15) is 6.92 Å². The number of hydrogen-bond donors (Lipinski definition) is 3. The number of hydrogen-bond acceptors (Lipinski definition) is 7. The van der Waals surface area contributed by atoms with E-state index in [0.717, 1.165) is 28.9 Å². The maximum atomic E-state index is 6.28. The molecule has 0 unspecified atom stereocenters. The van der Waals surface area contributed by atoms with E-state index in [4.69, 9.17) is 15.5 Å². The van der Waals surface area contributed by atoms with Crippen LogP contribution >= 0.6 is 0 Å². The molecule has 1 atom stereocenters. The SMILES string of the molecule is C[C@@H]1COCCN1c1cc(-c2cn[nH]c2)c2c(N)nn(-c3ccn[nH]3)c2n1.